The van der Waals surface area contributed by atoms with Gasteiger partial charge in [0, 0.05) is 19.9 Å². The molecule has 0 spiro atoms. The summed E-state index contributed by atoms with van der Waals surface area (Å²) in [5, 5.41) is 8.58. The molecule has 2 aromatic rings. The average Bonchev–Trinajstić information content (AvgIpc) is 3.17. The minimum Gasteiger partial charge on any atom is -0.467 e. The minimum atomic E-state index is -0.924. The lowest BCUT2D eigenvalue weighted by molar-refractivity contribution is -0.146. The zero-order chi connectivity index (χ0) is 21.7. The summed E-state index contributed by atoms with van der Waals surface area (Å²) in [4.78, 5) is 41.7. The van der Waals surface area contributed by atoms with Crippen molar-refractivity contribution in [3.63, 3.8) is 0 Å². The Labute approximate surface area is 173 Å². The second-order valence-corrected chi connectivity index (χ2v) is 7.20. The summed E-state index contributed by atoms with van der Waals surface area (Å²) in [5.41, 5.74) is 7.84. The Hall–Kier alpha value is -3.58. The topological polar surface area (TPSA) is 126 Å². The van der Waals surface area contributed by atoms with E-state index in [9.17, 15) is 14.4 Å². The molecule has 30 heavy (non-hydrogen) atoms. The summed E-state index contributed by atoms with van der Waals surface area (Å²) in [6.07, 6.45) is 0.661. The van der Waals surface area contributed by atoms with Gasteiger partial charge in [0.25, 0.3) is 0 Å². The Morgan fingerprint density at radius 1 is 1.27 bits per heavy atom. The van der Waals surface area contributed by atoms with Crippen molar-refractivity contribution in [3.05, 3.63) is 48.0 Å². The van der Waals surface area contributed by atoms with Gasteiger partial charge in [0.15, 0.2) is 6.04 Å². The van der Waals surface area contributed by atoms with Crippen LogP contribution in [0.25, 0.3) is 10.8 Å². The van der Waals surface area contributed by atoms with Crippen LogP contribution in [0.1, 0.15) is 18.9 Å². The van der Waals surface area contributed by atoms with Crippen molar-refractivity contribution in [1.29, 1.82) is 5.53 Å². The molecule has 1 aliphatic rings. The van der Waals surface area contributed by atoms with Gasteiger partial charge < -0.3 is 15.0 Å². The zero-order valence-electron chi connectivity index (χ0n) is 16.9. The molecule has 0 saturated carbocycles. The van der Waals surface area contributed by atoms with E-state index in [1.54, 1.807) is 0 Å². The summed E-state index contributed by atoms with van der Waals surface area (Å²) < 4.78 is 4.88. The molecular formula is C21H24N5O4+. The second-order valence-electron chi connectivity index (χ2n) is 7.20. The van der Waals surface area contributed by atoms with Gasteiger partial charge in [-0.1, -0.05) is 42.5 Å². The molecule has 0 aliphatic carbocycles. The highest BCUT2D eigenvalue weighted by atomic mass is 16.5. The van der Waals surface area contributed by atoms with Crippen LogP contribution in [0, 0.1) is 5.53 Å². The van der Waals surface area contributed by atoms with E-state index >= 15 is 0 Å². The third-order valence-corrected chi connectivity index (χ3v) is 5.30. The van der Waals surface area contributed by atoms with Gasteiger partial charge in [0.1, 0.15) is 22.7 Å². The summed E-state index contributed by atoms with van der Waals surface area (Å²) >= 11 is 0. The number of hydrogen-bond acceptors (Lipinski definition) is 6. The maximum absolute atomic E-state index is 13.0. The third-order valence-electron chi connectivity index (χ3n) is 5.30. The molecule has 1 heterocycles. The fraction of sp³-hybridized carbons (Fsp3) is 0.381. The smallest absolute Gasteiger partial charge is 0.328 e. The van der Waals surface area contributed by atoms with E-state index in [-0.39, 0.29) is 12.3 Å². The predicted molar refractivity (Wildman–Crippen MR) is 108 cm³/mol. The van der Waals surface area contributed by atoms with E-state index in [0.29, 0.717) is 13.0 Å². The average molecular weight is 410 g/mol. The number of rotatable bonds is 6. The number of nitrogens with zero attached hydrogens (tertiary/aromatic N) is 3. The van der Waals surface area contributed by atoms with E-state index in [4.69, 9.17) is 10.3 Å². The van der Waals surface area contributed by atoms with Crippen molar-refractivity contribution in [2.45, 2.75) is 37.9 Å². The Balaban J connectivity index is 1.82. The quantitative estimate of drug-likeness (QED) is 0.426. The molecule has 3 atom stereocenters. The van der Waals surface area contributed by atoms with Crippen LogP contribution in [0.4, 0.5) is 0 Å². The molecule has 0 unspecified atom stereocenters. The van der Waals surface area contributed by atoms with Crippen molar-refractivity contribution in [2.75, 3.05) is 13.7 Å². The fourth-order valence-corrected chi connectivity index (χ4v) is 3.83. The molecule has 9 heteroatoms. The second kappa shape index (κ2) is 9.28. The fourth-order valence-electron chi connectivity index (χ4n) is 3.83. The lowest BCUT2D eigenvalue weighted by atomic mass is 10.0. The first-order valence-corrected chi connectivity index (χ1v) is 9.64. The van der Waals surface area contributed by atoms with Crippen LogP contribution in [0.15, 0.2) is 47.6 Å². The standard InChI is InChI=1S/C21H23N5O4/c1-13(27)26-10-9-17(24-25-22)19(26)20(28)23-18(21(29)30-2)12-14-7-8-15-5-3-4-6-16(15)11-14/h3-8,11,17-19,22H,9-10,12H2,1-2H3/p+1/t17-,18+,19+/m1/s1. The van der Waals surface area contributed by atoms with Gasteiger partial charge in [0.2, 0.25) is 16.7 Å². The predicted octanol–water partition coefficient (Wildman–Crippen LogP) is 1.58. The number of fused-ring (bicyclic) bond motifs is 1. The summed E-state index contributed by atoms with van der Waals surface area (Å²) in [6.45, 7) is 1.71. The number of carbonyl (C=O) groups excluding carboxylic acids is 3. The Bertz CT molecular complexity index is 1010. The number of ether oxygens (including phenoxy) is 1. The molecular weight excluding hydrogens is 386 g/mol. The number of methoxy groups -OCH3 is 1. The first-order valence-electron chi connectivity index (χ1n) is 9.64. The van der Waals surface area contributed by atoms with Crippen LogP contribution in [0.2, 0.25) is 0 Å². The van der Waals surface area contributed by atoms with Gasteiger partial charge in [-0.25, -0.2) is 4.79 Å². The highest BCUT2D eigenvalue weighted by Crippen LogP contribution is 2.22. The van der Waals surface area contributed by atoms with Crippen LogP contribution in [-0.2, 0) is 25.5 Å². The van der Waals surface area contributed by atoms with E-state index in [0.717, 1.165) is 16.3 Å². The molecule has 2 amide bonds. The first kappa shape index (κ1) is 21.1. The van der Waals surface area contributed by atoms with Crippen LogP contribution < -0.4 is 10.2 Å². The van der Waals surface area contributed by atoms with Gasteiger partial charge in [-0.3, -0.25) is 9.59 Å². The lowest BCUT2D eigenvalue weighted by Crippen LogP contribution is -2.54. The zero-order valence-corrected chi connectivity index (χ0v) is 16.9. The molecule has 0 radical (unpaired) electrons. The minimum absolute atomic E-state index is 0.237. The van der Waals surface area contributed by atoms with E-state index < -0.39 is 30.0 Å². The summed E-state index contributed by atoms with van der Waals surface area (Å²) in [7, 11) is 1.26. The number of hydrogen-bond donors (Lipinski definition) is 2. The van der Waals surface area contributed by atoms with Crippen molar-refractivity contribution >= 4 is 28.6 Å². The van der Waals surface area contributed by atoms with Gasteiger partial charge in [-0.05, 0) is 22.8 Å². The number of esters is 1. The molecule has 1 aliphatic heterocycles. The molecule has 1 fully saturated rings. The van der Waals surface area contributed by atoms with Crippen LogP contribution in [0.5, 0.6) is 0 Å². The van der Waals surface area contributed by atoms with Gasteiger partial charge >= 0.3 is 5.97 Å². The lowest BCUT2D eigenvalue weighted by Gasteiger charge is -2.25. The summed E-state index contributed by atoms with van der Waals surface area (Å²) in [6, 6.07) is 11.2. The monoisotopic (exact) mass is 410 g/mol. The SMILES string of the molecule is COC(=O)[C@H](Cc1ccc2ccccc2c1)NC(=O)[C@@H]1[C@H](N=[N+]=N)CCN1C(C)=O. The summed E-state index contributed by atoms with van der Waals surface area (Å²) in [5.74, 6) is -1.37. The molecule has 0 aromatic heterocycles. The Morgan fingerprint density at radius 3 is 2.67 bits per heavy atom. The molecule has 1 saturated heterocycles. The van der Waals surface area contributed by atoms with Crippen molar-refractivity contribution in [2.24, 2.45) is 5.11 Å². The van der Waals surface area contributed by atoms with Crippen molar-refractivity contribution in [1.82, 2.24) is 15.1 Å². The third kappa shape index (κ3) is 4.52. The maximum Gasteiger partial charge on any atom is 0.328 e. The highest BCUT2D eigenvalue weighted by Gasteiger charge is 2.44. The van der Waals surface area contributed by atoms with Gasteiger partial charge in [-0.2, -0.15) is 0 Å². The number of benzene rings is 2. The molecule has 2 aromatic carbocycles. The van der Waals surface area contributed by atoms with Crippen LogP contribution >= 0.6 is 0 Å². The van der Waals surface area contributed by atoms with E-state index in [1.807, 2.05) is 42.5 Å². The number of carbonyl (C=O) groups is 3. The Morgan fingerprint density at radius 2 is 2.00 bits per heavy atom. The van der Waals surface area contributed by atoms with Crippen LogP contribution in [0.3, 0.4) is 0 Å². The highest BCUT2D eigenvalue weighted by molar-refractivity contribution is 5.91. The first-order chi connectivity index (χ1) is 14.4. The molecule has 156 valence electrons. The number of likely N-dealkylation sites (tertiary alicyclic amines) is 1. The molecule has 2 N–H and O–H groups in total. The maximum atomic E-state index is 13.0. The molecule has 3 rings (SSSR count). The molecule has 0 bridgehead atoms. The molecule has 9 nitrogen and oxygen atoms in total. The van der Waals surface area contributed by atoms with Crippen LogP contribution in [-0.4, -0.2) is 54.5 Å². The van der Waals surface area contributed by atoms with Crippen molar-refractivity contribution < 1.29 is 19.1 Å². The largest absolute Gasteiger partial charge is 0.467 e. The van der Waals surface area contributed by atoms with Crippen molar-refractivity contribution in [3.8, 4) is 0 Å². The number of amides is 2. The normalized spacial score (nSPS) is 19.1. The van der Waals surface area contributed by atoms with Gasteiger partial charge in [-0.15, -0.1) is 0 Å². The number of nitrogens with one attached hydrogen (secondary N) is 2. The van der Waals surface area contributed by atoms with E-state index in [1.165, 1.54) is 18.9 Å². The van der Waals surface area contributed by atoms with E-state index in [2.05, 4.69) is 15.3 Å². The van der Waals surface area contributed by atoms with Gasteiger partial charge in [0.05, 0.1) is 7.11 Å². The Kier molecular flexibility index (Phi) is 6.54.